The number of fused-ring (bicyclic) bond motifs is 1. The predicted octanol–water partition coefficient (Wildman–Crippen LogP) is -0.299. The summed E-state index contributed by atoms with van der Waals surface area (Å²) >= 11 is 0. The highest BCUT2D eigenvalue weighted by Gasteiger charge is 2.42. The van der Waals surface area contributed by atoms with E-state index >= 15 is 0 Å². The fourth-order valence-corrected chi connectivity index (χ4v) is 6.29. The Balaban J connectivity index is 1.61. The Hall–Kier alpha value is -2.46. The summed E-state index contributed by atoms with van der Waals surface area (Å²) < 4.78 is 25.5. The van der Waals surface area contributed by atoms with Gasteiger partial charge in [0.1, 0.15) is 0 Å². The van der Waals surface area contributed by atoms with Crippen molar-refractivity contribution in [2.45, 2.75) is 38.4 Å². The lowest BCUT2D eigenvalue weighted by Gasteiger charge is -2.28. The molecule has 1 aromatic carbocycles. The second kappa shape index (κ2) is 7.42. The molecule has 2 aliphatic rings. The van der Waals surface area contributed by atoms with Gasteiger partial charge in [-0.1, -0.05) is 0 Å². The lowest BCUT2D eigenvalue weighted by molar-refractivity contribution is 0.0919. The van der Waals surface area contributed by atoms with Crippen molar-refractivity contribution in [2.75, 3.05) is 24.6 Å². The summed E-state index contributed by atoms with van der Waals surface area (Å²) in [5.74, 6) is -0.441. The maximum absolute atomic E-state index is 12.8. The van der Waals surface area contributed by atoms with Crippen molar-refractivity contribution in [1.82, 2.24) is 19.8 Å². The molecule has 4 rings (SSSR count). The van der Waals surface area contributed by atoms with Gasteiger partial charge in [0, 0.05) is 18.2 Å². The Morgan fingerprint density at radius 3 is 2.62 bits per heavy atom. The highest BCUT2D eigenvalue weighted by molar-refractivity contribution is 7.91. The standard InChI is InChI=1S/C19H24N4O5S/c1-2-23-18(25)13-6-5-12(9-14(13)21-19(23)26)17(24)20-15-10-29(27,28)11-16(15)22-7-3-4-8-22/h5-6,9,15-16H,2-4,7-8,10-11H2,1H3,(H,20,24)(H,21,26). The molecule has 1 aromatic heterocycles. The Labute approximate surface area is 167 Å². The minimum Gasteiger partial charge on any atom is -0.347 e. The third kappa shape index (κ3) is 3.74. The maximum atomic E-state index is 12.8. The fourth-order valence-electron chi connectivity index (χ4n) is 4.33. The van der Waals surface area contributed by atoms with Gasteiger partial charge in [0.15, 0.2) is 9.84 Å². The van der Waals surface area contributed by atoms with Gasteiger partial charge in [0.25, 0.3) is 11.5 Å². The number of nitrogens with one attached hydrogen (secondary N) is 2. The molecule has 2 saturated heterocycles. The Bertz CT molecular complexity index is 1180. The van der Waals surface area contributed by atoms with E-state index in [2.05, 4.69) is 15.2 Å². The smallest absolute Gasteiger partial charge is 0.328 e. The average molecular weight is 420 g/mol. The Kier molecular flexibility index (Phi) is 5.07. The quantitative estimate of drug-likeness (QED) is 0.701. The first kappa shape index (κ1) is 19.8. The van der Waals surface area contributed by atoms with Crippen LogP contribution in [0.3, 0.4) is 0 Å². The second-order valence-electron chi connectivity index (χ2n) is 7.71. The van der Waals surface area contributed by atoms with Gasteiger partial charge in [-0.2, -0.15) is 0 Å². The van der Waals surface area contributed by atoms with Gasteiger partial charge in [0.05, 0.1) is 28.5 Å². The number of aromatic amines is 1. The van der Waals surface area contributed by atoms with E-state index in [9.17, 15) is 22.8 Å². The van der Waals surface area contributed by atoms with Crippen LogP contribution in [-0.4, -0.2) is 65.5 Å². The number of aromatic nitrogens is 2. The summed E-state index contributed by atoms with van der Waals surface area (Å²) in [6.45, 7) is 3.64. The van der Waals surface area contributed by atoms with Crippen LogP contribution in [0.4, 0.5) is 0 Å². The number of rotatable bonds is 4. The van der Waals surface area contributed by atoms with Crippen LogP contribution >= 0.6 is 0 Å². The summed E-state index contributed by atoms with van der Waals surface area (Å²) in [4.78, 5) is 42.0. The molecule has 0 bridgehead atoms. The van der Waals surface area contributed by atoms with E-state index in [1.807, 2.05) is 0 Å². The Morgan fingerprint density at radius 1 is 1.21 bits per heavy atom. The molecule has 156 valence electrons. The number of likely N-dealkylation sites (tertiary alicyclic amines) is 1. The zero-order valence-electron chi connectivity index (χ0n) is 16.2. The summed E-state index contributed by atoms with van der Waals surface area (Å²) in [7, 11) is -3.21. The Morgan fingerprint density at radius 2 is 1.93 bits per heavy atom. The van der Waals surface area contributed by atoms with Gasteiger partial charge in [-0.3, -0.25) is 19.1 Å². The third-order valence-electron chi connectivity index (χ3n) is 5.81. The first-order chi connectivity index (χ1) is 13.8. The molecule has 2 atom stereocenters. The van der Waals surface area contributed by atoms with Gasteiger partial charge in [-0.05, 0) is 51.1 Å². The van der Waals surface area contributed by atoms with Gasteiger partial charge in [-0.25, -0.2) is 13.2 Å². The van der Waals surface area contributed by atoms with Crippen LogP contribution in [0.5, 0.6) is 0 Å². The maximum Gasteiger partial charge on any atom is 0.328 e. The highest BCUT2D eigenvalue weighted by atomic mass is 32.2. The highest BCUT2D eigenvalue weighted by Crippen LogP contribution is 2.23. The van der Waals surface area contributed by atoms with Crippen molar-refractivity contribution < 1.29 is 13.2 Å². The number of H-pyrrole nitrogens is 1. The predicted molar refractivity (Wildman–Crippen MR) is 109 cm³/mol. The lowest BCUT2D eigenvalue weighted by atomic mass is 10.1. The molecule has 10 heteroatoms. The van der Waals surface area contributed by atoms with Crippen LogP contribution < -0.4 is 16.6 Å². The molecule has 0 aliphatic carbocycles. The zero-order chi connectivity index (χ0) is 20.8. The van der Waals surface area contributed by atoms with Crippen LogP contribution in [0.25, 0.3) is 10.9 Å². The number of nitrogens with zero attached hydrogens (tertiary/aromatic N) is 2. The number of sulfone groups is 1. The van der Waals surface area contributed by atoms with E-state index in [-0.39, 0.29) is 35.2 Å². The molecule has 29 heavy (non-hydrogen) atoms. The van der Waals surface area contributed by atoms with Crippen molar-refractivity contribution in [3.63, 3.8) is 0 Å². The number of amides is 1. The van der Waals surface area contributed by atoms with Crippen molar-refractivity contribution in [2.24, 2.45) is 0 Å². The van der Waals surface area contributed by atoms with Crippen LogP contribution in [-0.2, 0) is 16.4 Å². The molecular weight excluding hydrogens is 396 g/mol. The zero-order valence-corrected chi connectivity index (χ0v) is 17.0. The van der Waals surface area contributed by atoms with E-state index < -0.39 is 33.0 Å². The minimum absolute atomic E-state index is 0.0551. The van der Waals surface area contributed by atoms with Gasteiger partial charge in [0.2, 0.25) is 0 Å². The average Bonchev–Trinajstić information content (AvgIpc) is 3.29. The van der Waals surface area contributed by atoms with Gasteiger partial charge < -0.3 is 10.3 Å². The van der Waals surface area contributed by atoms with E-state index in [0.29, 0.717) is 5.39 Å². The summed E-state index contributed by atoms with van der Waals surface area (Å²) in [6, 6.07) is 3.79. The number of hydrogen-bond donors (Lipinski definition) is 2. The molecule has 2 fully saturated rings. The number of hydrogen-bond acceptors (Lipinski definition) is 6. The topological polar surface area (TPSA) is 121 Å². The molecular formula is C19H24N4O5S. The van der Waals surface area contributed by atoms with E-state index in [4.69, 9.17) is 0 Å². The molecule has 2 aromatic rings. The molecule has 9 nitrogen and oxygen atoms in total. The minimum atomic E-state index is -3.21. The summed E-state index contributed by atoms with van der Waals surface area (Å²) in [5.41, 5.74) is -0.383. The molecule has 2 N–H and O–H groups in total. The van der Waals surface area contributed by atoms with E-state index in [1.165, 1.54) is 18.2 Å². The number of carbonyl (C=O) groups excluding carboxylic acids is 1. The first-order valence-corrected chi connectivity index (χ1v) is 11.6. The van der Waals surface area contributed by atoms with Gasteiger partial charge in [-0.15, -0.1) is 0 Å². The molecule has 0 saturated carbocycles. The van der Waals surface area contributed by atoms with E-state index in [1.54, 1.807) is 6.92 Å². The SMILES string of the molecule is CCn1c(=O)[nH]c2cc(C(=O)NC3CS(=O)(=O)CC3N3CCCC3)ccc2c1=O. The van der Waals surface area contributed by atoms with Crippen molar-refractivity contribution in [1.29, 1.82) is 0 Å². The fraction of sp³-hybridized carbons (Fsp3) is 0.526. The normalized spacial score (nSPS) is 24.2. The molecule has 0 spiro atoms. The van der Waals surface area contributed by atoms with Crippen LogP contribution in [0.2, 0.25) is 0 Å². The molecule has 2 unspecified atom stereocenters. The van der Waals surface area contributed by atoms with Crippen LogP contribution in [0.1, 0.15) is 30.1 Å². The first-order valence-electron chi connectivity index (χ1n) is 9.81. The van der Waals surface area contributed by atoms with Crippen LogP contribution in [0.15, 0.2) is 27.8 Å². The third-order valence-corrected chi connectivity index (χ3v) is 7.53. The van der Waals surface area contributed by atoms with E-state index in [0.717, 1.165) is 30.5 Å². The monoisotopic (exact) mass is 420 g/mol. The molecule has 2 aliphatic heterocycles. The largest absolute Gasteiger partial charge is 0.347 e. The van der Waals surface area contributed by atoms with Crippen LogP contribution in [0, 0.1) is 0 Å². The van der Waals surface area contributed by atoms with Crippen molar-refractivity contribution in [3.8, 4) is 0 Å². The summed E-state index contributed by atoms with van der Waals surface area (Å²) in [5, 5.41) is 3.18. The van der Waals surface area contributed by atoms with Gasteiger partial charge >= 0.3 is 5.69 Å². The van der Waals surface area contributed by atoms with Crippen molar-refractivity contribution in [3.05, 3.63) is 44.6 Å². The summed E-state index contributed by atoms with van der Waals surface area (Å²) in [6.07, 6.45) is 2.06. The number of carbonyl (C=O) groups is 1. The second-order valence-corrected chi connectivity index (χ2v) is 9.86. The molecule has 1 amide bonds. The molecule has 0 radical (unpaired) electrons. The lowest BCUT2D eigenvalue weighted by Crippen LogP contribution is -2.50. The molecule has 3 heterocycles. The number of benzene rings is 1. The van der Waals surface area contributed by atoms with Crippen molar-refractivity contribution >= 4 is 26.6 Å².